The number of fused-ring (bicyclic) bond motifs is 1. The van der Waals surface area contributed by atoms with Gasteiger partial charge in [0.25, 0.3) is 0 Å². The van der Waals surface area contributed by atoms with Gasteiger partial charge in [0.05, 0.1) is 12.8 Å². The number of aromatic nitrogens is 6. The maximum atomic E-state index is 5.63. The van der Waals surface area contributed by atoms with Gasteiger partial charge in [-0.25, -0.2) is 15.0 Å². The summed E-state index contributed by atoms with van der Waals surface area (Å²) in [5.74, 6) is 3.19. The molecule has 0 aliphatic carbocycles. The fourth-order valence-electron chi connectivity index (χ4n) is 4.48. The highest BCUT2D eigenvalue weighted by Crippen LogP contribution is 2.32. The van der Waals surface area contributed by atoms with Gasteiger partial charge in [-0.2, -0.15) is 0 Å². The maximum absolute atomic E-state index is 5.63. The van der Waals surface area contributed by atoms with Gasteiger partial charge >= 0.3 is 0 Å². The fraction of sp³-hybridized carbons (Fsp3) is 0.400. The minimum atomic E-state index is 0.260. The molecule has 182 valence electrons. The van der Waals surface area contributed by atoms with E-state index in [2.05, 4.69) is 32.7 Å². The van der Waals surface area contributed by atoms with Crippen LogP contribution in [0.1, 0.15) is 25.5 Å². The van der Waals surface area contributed by atoms with Crippen molar-refractivity contribution in [2.45, 2.75) is 32.7 Å². The Balaban J connectivity index is 1.43. The summed E-state index contributed by atoms with van der Waals surface area (Å²) in [5, 5.41) is 16.0. The molecule has 0 saturated carbocycles. The van der Waals surface area contributed by atoms with E-state index in [4.69, 9.17) is 19.4 Å². The van der Waals surface area contributed by atoms with Crippen LogP contribution in [0.3, 0.4) is 0 Å². The summed E-state index contributed by atoms with van der Waals surface area (Å²) in [7, 11) is 3.54. The number of ether oxygens (including phenoxy) is 2. The van der Waals surface area contributed by atoms with Crippen LogP contribution in [0, 0.1) is 12.8 Å². The molecule has 0 amide bonds. The third-order valence-corrected chi connectivity index (χ3v) is 6.45. The minimum Gasteiger partial charge on any atom is -0.495 e. The highest BCUT2D eigenvalue weighted by molar-refractivity contribution is 5.89. The van der Waals surface area contributed by atoms with Crippen LogP contribution in [0.5, 0.6) is 5.75 Å². The van der Waals surface area contributed by atoms with E-state index in [9.17, 15) is 0 Å². The molecule has 35 heavy (non-hydrogen) atoms. The van der Waals surface area contributed by atoms with Gasteiger partial charge in [0.15, 0.2) is 11.6 Å². The lowest BCUT2D eigenvalue weighted by atomic mass is 9.93. The Labute approximate surface area is 204 Å². The minimum absolute atomic E-state index is 0.260. The van der Waals surface area contributed by atoms with Crippen LogP contribution in [-0.2, 0) is 11.8 Å². The van der Waals surface area contributed by atoms with Gasteiger partial charge in [0.2, 0.25) is 5.95 Å². The van der Waals surface area contributed by atoms with E-state index in [0.29, 0.717) is 17.6 Å². The van der Waals surface area contributed by atoms with E-state index < -0.39 is 0 Å². The molecule has 0 bridgehead atoms. The molecule has 0 radical (unpaired) electrons. The van der Waals surface area contributed by atoms with E-state index in [1.54, 1.807) is 13.4 Å². The van der Waals surface area contributed by atoms with Crippen molar-refractivity contribution in [2.75, 3.05) is 31.0 Å². The van der Waals surface area contributed by atoms with Gasteiger partial charge in [0.1, 0.15) is 17.6 Å². The number of hydrogen-bond donors (Lipinski definition) is 2. The molecule has 0 spiro atoms. The first-order chi connectivity index (χ1) is 17.0. The Morgan fingerprint density at radius 3 is 2.74 bits per heavy atom. The topological polar surface area (TPSA) is 112 Å². The Hall–Kier alpha value is -3.79. The van der Waals surface area contributed by atoms with Gasteiger partial charge in [-0.1, -0.05) is 0 Å². The summed E-state index contributed by atoms with van der Waals surface area (Å²) in [5.41, 5.74) is 3.36. The van der Waals surface area contributed by atoms with Crippen molar-refractivity contribution in [3.05, 3.63) is 42.5 Å². The van der Waals surface area contributed by atoms with E-state index in [1.165, 1.54) is 0 Å². The first kappa shape index (κ1) is 23.0. The molecule has 2 N–H and O–H groups in total. The predicted octanol–water partition coefficient (Wildman–Crippen LogP) is 4.11. The molecule has 1 atom stereocenters. The smallest absolute Gasteiger partial charge is 0.227 e. The van der Waals surface area contributed by atoms with Gasteiger partial charge in [0, 0.05) is 49.1 Å². The molecular formula is C25H30N8O2. The van der Waals surface area contributed by atoms with Crippen LogP contribution in [0.25, 0.3) is 22.3 Å². The summed E-state index contributed by atoms with van der Waals surface area (Å²) < 4.78 is 13.0. The summed E-state index contributed by atoms with van der Waals surface area (Å²) in [6, 6.07) is 8.07. The molecule has 1 aliphatic rings. The van der Waals surface area contributed by atoms with Crippen LogP contribution < -0.4 is 15.4 Å². The van der Waals surface area contributed by atoms with E-state index in [1.807, 2.05) is 49.0 Å². The highest BCUT2D eigenvalue weighted by atomic mass is 16.5. The molecule has 1 fully saturated rings. The SMILES string of the molecule is COc1cc(-c2nncn2C)ccc1Nc1ncc2cc(C)nc(NC(C)C3CCOCC3)c2n1. The number of anilines is 3. The molecule has 10 nitrogen and oxygen atoms in total. The zero-order valence-corrected chi connectivity index (χ0v) is 20.4. The van der Waals surface area contributed by atoms with E-state index >= 15 is 0 Å². The van der Waals surface area contributed by atoms with Crippen LogP contribution in [0.15, 0.2) is 36.8 Å². The zero-order chi connectivity index (χ0) is 24.4. The monoisotopic (exact) mass is 474 g/mol. The first-order valence-electron chi connectivity index (χ1n) is 11.8. The lowest BCUT2D eigenvalue weighted by Crippen LogP contribution is -2.31. The standard InChI is InChI=1S/C25H30N8O2/c1-15-11-19-13-26-25(31-22(19)23(28-15)29-16(2)17-7-9-35-10-8-17)30-20-6-5-18(12-21(20)34-4)24-32-27-14-33(24)3/h5-6,11-14,16-17H,7-10H2,1-4H3,(H,28,29)(H,26,30,31). The van der Waals surface area contributed by atoms with Crippen molar-refractivity contribution < 1.29 is 9.47 Å². The quantitative estimate of drug-likeness (QED) is 0.409. The average molecular weight is 475 g/mol. The molecule has 3 aromatic heterocycles. The second kappa shape index (κ2) is 9.83. The molecular weight excluding hydrogens is 444 g/mol. The number of nitrogens with zero attached hydrogens (tertiary/aromatic N) is 6. The second-order valence-electron chi connectivity index (χ2n) is 8.93. The highest BCUT2D eigenvalue weighted by Gasteiger charge is 2.22. The average Bonchev–Trinajstić information content (AvgIpc) is 3.30. The molecule has 4 heterocycles. The van der Waals surface area contributed by atoms with Gasteiger partial charge in [-0.05, 0) is 56.9 Å². The Bertz CT molecular complexity index is 1330. The predicted molar refractivity (Wildman–Crippen MR) is 135 cm³/mol. The zero-order valence-electron chi connectivity index (χ0n) is 20.4. The van der Waals surface area contributed by atoms with Crippen molar-refractivity contribution in [2.24, 2.45) is 13.0 Å². The Kier molecular flexibility index (Phi) is 6.45. The van der Waals surface area contributed by atoms with Crippen LogP contribution in [-0.4, -0.2) is 56.1 Å². The Morgan fingerprint density at radius 1 is 1.17 bits per heavy atom. The normalized spacial score (nSPS) is 15.2. The summed E-state index contributed by atoms with van der Waals surface area (Å²) in [4.78, 5) is 14.1. The molecule has 10 heteroatoms. The summed E-state index contributed by atoms with van der Waals surface area (Å²) in [6.07, 6.45) is 5.58. The van der Waals surface area contributed by atoms with E-state index in [0.717, 1.165) is 65.5 Å². The number of aryl methyl sites for hydroxylation is 2. The molecule has 1 aliphatic heterocycles. The van der Waals surface area contributed by atoms with E-state index in [-0.39, 0.29) is 6.04 Å². The molecule has 1 saturated heterocycles. The summed E-state index contributed by atoms with van der Waals surface area (Å²) in [6.45, 7) is 5.81. The number of rotatable bonds is 7. The number of nitrogens with one attached hydrogen (secondary N) is 2. The number of methoxy groups -OCH3 is 1. The van der Waals surface area contributed by atoms with Crippen molar-refractivity contribution in [3.63, 3.8) is 0 Å². The van der Waals surface area contributed by atoms with Crippen molar-refractivity contribution in [1.29, 1.82) is 0 Å². The largest absolute Gasteiger partial charge is 0.495 e. The van der Waals surface area contributed by atoms with Gasteiger partial charge in [-0.15, -0.1) is 10.2 Å². The number of hydrogen-bond acceptors (Lipinski definition) is 9. The maximum Gasteiger partial charge on any atom is 0.227 e. The number of benzene rings is 1. The first-order valence-corrected chi connectivity index (χ1v) is 11.8. The van der Waals surface area contributed by atoms with Crippen LogP contribution >= 0.6 is 0 Å². The molecule has 4 aromatic rings. The third-order valence-electron chi connectivity index (χ3n) is 6.45. The molecule has 1 aromatic carbocycles. The van der Waals surface area contributed by atoms with Gasteiger partial charge < -0.3 is 24.7 Å². The van der Waals surface area contributed by atoms with Crippen molar-refractivity contribution in [1.82, 2.24) is 29.7 Å². The summed E-state index contributed by atoms with van der Waals surface area (Å²) >= 11 is 0. The van der Waals surface area contributed by atoms with Crippen LogP contribution in [0.4, 0.5) is 17.5 Å². The number of pyridine rings is 1. The fourth-order valence-corrected chi connectivity index (χ4v) is 4.48. The van der Waals surface area contributed by atoms with Crippen LogP contribution in [0.2, 0.25) is 0 Å². The van der Waals surface area contributed by atoms with Gasteiger partial charge in [-0.3, -0.25) is 0 Å². The lowest BCUT2D eigenvalue weighted by molar-refractivity contribution is 0.0622. The molecule has 5 rings (SSSR count). The lowest BCUT2D eigenvalue weighted by Gasteiger charge is -2.29. The second-order valence-corrected chi connectivity index (χ2v) is 8.93. The van der Waals surface area contributed by atoms with Crippen molar-refractivity contribution >= 4 is 28.4 Å². The van der Waals surface area contributed by atoms with Crippen molar-refractivity contribution in [3.8, 4) is 17.1 Å². The molecule has 1 unspecified atom stereocenters. The third kappa shape index (κ3) is 4.88. The Morgan fingerprint density at radius 2 is 2.00 bits per heavy atom.